The lowest BCUT2D eigenvalue weighted by Gasteiger charge is -2.23. The molecule has 8 heteroatoms. The fraction of sp³-hybridized carbons (Fsp3) is 0.333. The van der Waals surface area contributed by atoms with Crippen molar-refractivity contribution < 1.29 is 17.6 Å². The van der Waals surface area contributed by atoms with Crippen LogP contribution in [0.2, 0.25) is 0 Å². The van der Waals surface area contributed by atoms with Crippen molar-refractivity contribution in [3.8, 4) is 0 Å². The van der Waals surface area contributed by atoms with Gasteiger partial charge in [-0.1, -0.05) is 12.1 Å². The first-order chi connectivity index (χ1) is 12.3. The second-order valence-corrected chi connectivity index (χ2v) is 8.06. The first-order valence-electron chi connectivity index (χ1n) is 8.08. The summed E-state index contributed by atoms with van der Waals surface area (Å²) in [4.78, 5) is 17.9. The molecule has 6 nitrogen and oxygen atoms in total. The van der Waals surface area contributed by atoms with Crippen LogP contribution >= 0.6 is 0 Å². The molecule has 1 heterocycles. The van der Waals surface area contributed by atoms with E-state index in [0.717, 1.165) is 16.1 Å². The number of halogens is 1. The number of carbonyl (C=O) groups is 1. The zero-order valence-corrected chi connectivity index (χ0v) is 15.6. The molecular weight excluding hydrogens is 357 g/mol. The van der Waals surface area contributed by atoms with Gasteiger partial charge in [0.15, 0.2) is 0 Å². The number of sulfonamides is 1. The van der Waals surface area contributed by atoms with E-state index in [-0.39, 0.29) is 19.0 Å². The van der Waals surface area contributed by atoms with E-state index >= 15 is 0 Å². The van der Waals surface area contributed by atoms with Gasteiger partial charge in [0.2, 0.25) is 15.9 Å². The monoisotopic (exact) mass is 379 g/mol. The lowest BCUT2D eigenvalue weighted by Crippen LogP contribution is -2.41. The standard InChI is InChI=1S/C18H22FN3O3S/c1-21(12-9-15-7-10-20-11-8-15)18(23)14-22(26(2,24)25)13-16-3-5-17(19)6-4-16/h3-8,10-11H,9,12-14H2,1-2H3. The summed E-state index contributed by atoms with van der Waals surface area (Å²) < 4.78 is 38.1. The molecule has 2 aromatic rings. The number of hydrogen-bond donors (Lipinski definition) is 0. The molecule has 1 aromatic carbocycles. The van der Waals surface area contributed by atoms with E-state index in [0.29, 0.717) is 18.5 Å². The van der Waals surface area contributed by atoms with E-state index in [2.05, 4.69) is 4.98 Å². The Morgan fingerprint density at radius 1 is 1.08 bits per heavy atom. The van der Waals surface area contributed by atoms with Crippen LogP contribution in [-0.4, -0.2) is 54.9 Å². The van der Waals surface area contributed by atoms with Crippen LogP contribution < -0.4 is 0 Å². The summed E-state index contributed by atoms with van der Waals surface area (Å²) in [5, 5.41) is 0. The van der Waals surface area contributed by atoms with Crippen molar-refractivity contribution in [3.05, 3.63) is 65.7 Å². The van der Waals surface area contributed by atoms with Crippen LogP contribution in [0.1, 0.15) is 11.1 Å². The van der Waals surface area contributed by atoms with Gasteiger partial charge in [-0.3, -0.25) is 9.78 Å². The fourth-order valence-corrected chi connectivity index (χ4v) is 3.05. The molecule has 0 aliphatic heterocycles. The molecule has 0 spiro atoms. The van der Waals surface area contributed by atoms with Gasteiger partial charge < -0.3 is 4.90 Å². The van der Waals surface area contributed by atoms with Crippen LogP contribution in [-0.2, 0) is 27.8 Å². The summed E-state index contributed by atoms with van der Waals surface area (Å²) >= 11 is 0. The van der Waals surface area contributed by atoms with Gasteiger partial charge in [-0.15, -0.1) is 0 Å². The Balaban J connectivity index is 1.98. The predicted octanol–water partition coefficient (Wildman–Crippen LogP) is 1.68. The molecule has 0 saturated carbocycles. The summed E-state index contributed by atoms with van der Waals surface area (Å²) in [7, 11) is -1.94. The summed E-state index contributed by atoms with van der Waals surface area (Å²) in [6.07, 6.45) is 5.08. The van der Waals surface area contributed by atoms with Gasteiger partial charge in [0.1, 0.15) is 5.82 Å². The maximum Gasteiger partial charge on any atom is 0.237 e. The largest absolute Gasteiger partial charge is 0.344 e. The fourth-order valence-electron chi connectivity index (χ4n) is 2.33. The Hall–Kier alpha value is -2.32. The van der Waals surface area contributed by atoms with Crippen molar-refractivity contribution in [2.24, 2.45) is 0 Å². The Labute approximate surface area is 153 Å². The van der Waals surface area contributed by atoms with Gasteiger partial charge in [-0.25, -0.2) is 12.8 Å². The summed E-state index contributed by atoms with van der Waals surface area (Å²) in [5.41, 5.74) is 1.66. The highest BCUT2D eigenvalue weighted by Gasteiger charge is 2.22. The molecule has 0 fully saturated rings. The number of amides is 1. The second kappa shape index (κ2) is 8.86. The number of rotatable bonds is 8. The van der Waals surface area contributed by atoms with E-state index < -0.39 is 15.8 Å². The zero-order valence-electron chi connectivity index (χ0n) is 14.8. The highest BCUT2D eigenvalue weighted by atomic mass is 32.2. The first kappa shape index (κ1) is 20.0. The van der Waals surface area contributed by atoms with Crippen molar-refractivity contribution in [1.29, 1.82) is 0 Å². The van der Waals surface area contributed by atoms with Crippen LogP contribution in [0.25, 0.3) is 0 Å². The molecule has 0 radical (unpaired) electrons. The Morgan fingerprint density at radius 3 is 2.27 bits per heavy atom. The number of benzene rings is 1. The quantitative estimate of drug-likeness (QED) is 0.700. The van der Waals surface area contributed by atoms with Crippen LogP contribution in [0.5, 0.6) is 0 Å². The number of carbonyl (C=O) groups excluding carboxylic acids is 1. The molecule has 0 atom stereocenters. The third-order valence-electron chi connectivity index (χ3n) is 3.96. The lowest BCUT2D eigenvalue weighted by molar-refractivity contribution is -0.130. The number of likely N-dealkylation sites (N-methyl/N-ethyl adjacent to an activating group) is 1. The lowest BCUT2D eigenvalue weighted by atomic mass is 10.2. The highest BCUT2D eigenvalue weighted by molar-refractivity contribution is 7.88. The van der Waals surface area contributed by atoms with E-state index in [9.17, 15) is 17.6 Å². The summed E-state index contributed by atoms with van der Waals surface area (Å²) in [6, 6.07) is 9.28. The minimum absolute atomic E-state index is 0.0169. The number of pyridine rings is 1. The third-order valence-corrected chi connectivity index (χ3v) is 5.16. The van der Waals surface area contributed by atoms with Gasteiger partial charge in [-0.05, 0) is 41.8 Å². The van der Waals surface area contributed by atoms with Gasteiger partial charge in [0.05, 0.1) is 12.8 Å². The molecule has 0 aliphatic carbocycles. The van der Waals surface area contributed by atoms with Crippen molar-refractivity contribution in [1.82, 2.24) is 14.2 Å². The van der Waals surface area contributed by atoms with Crippen molar-refractivity contribution >= 4 is 15.9 Å². The van der Waals surface area contributed by atoms with Gasteiger partial charge >= 0.3 is 0 Å². The average Bonchev–Trinajstić information content (AvgIpc) is 2.61. The zero-order chi connectivity index (χ0) is 19.2. The number of aromatic nitrogens is 1. The molecule has 1 aromatic heterocycles. The van der Waals surface area contributed by atoms with E-state index in [1.165, 1.54) is 29.2 Å². The Bertz CT molecular complexity index is 827. The van der Waals surface area contributed by atoms with Gasteiger partial charge in [-0.2, -0.15) is 4.31 Å². The summed E-state index contributed by atoms with van der Waals surface area (Å²) in [5.74, 6) is -0.696. The molecule has 1 amide bonds. The number of nitrogens with zero attached hydrogens (tertiary/aromatic N) is 3. The molecule has 140 valence electrons. The third kappa shape index (κ3) is 6.20. The molecular formula is C18H22FN3O3S. The molecule has 0 bridgehead atoms. The SMILES string of the molecule is CN(CCc1ccncc1)C(=O)CN(Cc1ccc(F)cc1)S(C)(=O)=O. The molecule has 26 heavy (non-hydrogen) atoms. The smallest absolute Gasteiger partial charge is 0.237 e. The summed E-state index contributed by atoms with van der Waals surface area (Å²) in [6.45, 7) is 0.225. The van der Waals surface area contributed by atoms with Crippen LogP contribution in [0.4, 0.5) is 4.39 Å². The van der Waals surface area contributed by atoms with Gasteiger partial charge in [0, 0.05) is 32.5 Å². The average molecular weight is 379 g/mol. The van der Waals surface area contributed by atoms with Crippen molar-refractivity contribution in [2.75, 3.05) is 26.4 Å². The minimum Gasteiger partial charge on any atom is -0.344 e. The maximum absolute atomic E-state index is 13.0. The second-order valence-electron chi connectivity index (χ2n) is 6.08. The Morgan fingerprint density at radius 2 is 1.69 bits per heavy atom. The topological polar surface area (TPSA) is 70.6 Å². The molecule has 2 rings (SSSR count). The minimum atomic E-state index is -3.59. The van der Waals surface area contributed by atoms with Crippen molar-refractivity contribution in [3.63, 3.8) is 0 Å². The van der Waals surface area contributed by atoms with Crippen LogP contribution in [0.15, 0.2) is 48.8 Å². The number of hydrogen-bond acceptors (Lipinski definition) is 4. The van der Waals surface area contributed by atoms with E-state index in [4.69, 9.17) is 0 Å². The van der Waals surface area contributed by atoms with E-state index in [1.807, 2.05) is 12.1 Å². The molecule has 0 saturated heterocycles. The molecule has 0 unspecified atom stereocenters. The van der Waals surface area contributed by atoms with Crippen LogP contribution in [0.3, 0.4) is 0 Å². The van der Waals surface area contributed by atoms with E-state index in [1.54, 1.807) is 19.4 Å². The normalized spacial score (nSPS) is 11.5. The maximum atomic E-state index is 13.0. The Kier molecular flexibility index (Phi) is 6.82. The van der Waals surface area contributed by atoms with Gasteiger partial charge in [0.25, 0.3) is 0 Å². The predicted molar refractivity (Wildman–Crippen MR) is 97.2 cm³/mol. The molecule has 0 N–H and O–H groups in total. The highest BCUT2D eigenvalue weighted by Crippen LogP contribution is 2.10. The van der Waals surface area contributed by atoms with Crippen LogP contribution in [0, 0.1) is 5.82 Å². The molecule has 0 aliphatic rings. The van der Waals surface area contributed by atoms with Crippen molar-refractivity contribution in [2.45, 2.75) is 13.0 Å². The first-order valence-corrected chi connectivity index (χ1v) is 9.93.